The van der Waals surface area contributed by atoms with Crippen molar-refractivity contribution in [2.24, 2.45) is 0 Å². The van der Waals surface area contributed by atoms with Crippen LogP contribution < -0.4 is 20.1 Å². The van der Waals surface area contributed by atoms with Crippen LogP contribution in [-0.2, 0) is 11.3 Å². The maximum Gasteiger partial charge on any atom is 0.234 e. The molecule has 0 radical (unpaired) electrons. The molecule has 0 saturated heterocycles. The zero-order valence-electron chi connectivity index (χ0n) is 11.0. The summed E-state index contributed by atoms with van der Waals surface area (Å²) in [6.07, 6.45) is 0. The minimum absolute atomic E-state index is 0.0739. The zero-order valence-corrected chi connectivity index (χ0v) is 11.0. The number of benzene rings is 1. The van der Waals surface area contributed by atoms with Crippen LogP contribution in [0.25, 0.3) is 0 Å². The lowest BCUT2D eigenvalue weighted by molar-refractivity contribution is -0.120. The summed E-state index contributed by atoms with van der Waals surface area (Å²) in [6, 6.07) is 3.35. The molecule has 1 aliphatic heterocycles. The molecule has 0 atom stereocenters. The van der Waals surface area contributed by atoms with E-state index in [-0.39, 0.29) is 31.0 Å². The maximum absolute atomic E-state index is 11.4. The predicted molar refractivity (Wildman–Crippen MR) is 69.2 cm³/mol. The normalized spacial score (nSPS) is 12.8. The van der Waals surface area contributed by atoms with Gasteiger partial charge in [0.15, 0.2) is 11.5 Å². The van der Waals surface area contributed by atoms with Crippen LogP contribution in [0.3, 0.4) is 0 Å². The van der Waals surface area contributed by atoms with E-state index in [9.17, 15) is 9.90 Å². The molecule has 0 bridgehead atoms. The Morgan fingerprint density at radius 3 is 2.74 bits per heavy atom. The molecule has 1 aromatic rings. The molecule has 0 aromatic heterocycles. The summed E-state index contributed by atoms with van der Waals surface area (Å²) in [7, 11) is 0. The van der Waals surface area contributed by atoms with E-state index in [1.165, 1.54) is 6.07 Å². The van der Waals surface area contributed by atoms with Gasteiger partial charge in [0.1, 0.15) is 5.75 Å². The van der Waals surface area contributed by atoms with Crippen LogP contribution in [0.4, 0.5) is 0 Å². The molecule has 0 spiro atoms. The Morgan fingerprint density at radius 2 is 2.05 bits per heavy atom. The Hall–Kier alpha value is -1.95. The van der Waals surface area contributed by atoms with Crippen molar-refractivity contribution in [3.63, 3.8) is 0 Å². The van der Waals surface area contributed by atoms with E-state index in [0.29, 0.717) is 23.6 Å². The summed E-state index contributed by atoms with van der Waals surface area (Å²) in [6.45, 7) is 4.56. The monoisotopic (exact) mass is 266 g/mol. The van der Waals surface area contributed by atoms with Gasteiger partial charge in [-0.05, 0) is 19.9 Å². The fraction of sp³-hybridized carbons (Fsp3) is 0.462. The molecule has 1 amide bonds. The van der Waals surface area contributed by atoms with Crippen molar-refractivity contribution < 1.29 is 19.4 Å². The fourth-order valence-corrected chi connectivity index (χ4v) is 1.80. The third kappa shape index (κ3) is 3.51. The second-order valence-corrected chi connectivity index (χ2v) is 4.66. The Kier molecular flexibility index (Phi) is 4.11. The first-order chi connectivity index (χ1) is 9.06. The smallest absolute Gasteiger partial charge is 0.234 e. The molecule has 0 aliphatic carbocycles. The van der Waals surface area contributed by atoms with Gasteiger partial charge >= 0.3 is 0 Å². The summed E-state index contributed by atoms with van der Waals surface area (Å²) in [4.78, 5) is 11.4. The van der Waals surface area contributed by atoms with E-state index in [1.807, 2.05) is 13.8 Å². The summed E-state index contributed by atoms with van der Waals surface area (Å²) >= 11 is 0. The molecule has 6 heteroatoms. The lowest BCUT2D eigenvalue weighted by Gasteiger charge is -2.10. The fourth-order valence-electron chi connectivity index (χ4n) is 1.80. The van der Waals surface area contributed by atoms with Gasteiger partial charge in [-0.2, -0.15) is 0 Å². The van der Waals surface area contributed by atoms with E-state index in [2.05, 4.69) is 10.6 Å². The van der Waals surface area contributed by atoms with Gasteiger partial charge < -0.3 is 25.2 Å². The summed E-state index contributed by atoms with van der Waals surface area (Å²) in [5.74, 6) is 1.20. The predicted octanol–water partition coefficient (Wildman–Crippen LogP) is 0.735. The topological polar surface area (TPSA) is 79.8 Å². The molecule has 2 rings (SSSR count). The van der Waals surface area contributed by atoms with Gasteiger partial charge in [0.05, 0.1) is 6.54 Å². The highest BCUT2D eigenvalue weighted by Crippen LogP contribution is 2.37. The van der Waals surface area contributed by atoms with Crippen molar-refractivity contribution in [3.05, 3.63) is 17.7 Å². The Morgan fingerprint density at radius 1 is 1.37 bits per heavy atom. The Labute approximate surface area is 111 Å². The SMILES string of the molecule is CC(C)NC(=O)CNCc1cc2c(cc1O)OCO2. The van der Waals surface area contributed by atoms with Gasteiger partial charge in [-0.15, -0.1) is 0 Å². The third-order valence-electron chi connectivity index (χ3n) is 2.62. The van der Waals surface area contributed by atoms with Gasteiger partial charge in [0.2, 0.25) is 12.7 Å². The van der Waals surface area contributed by atoms with Gasteiger partial charge in [0.25, 0.3) is 0 Å². The average Bonchev–Trinajstić information content (AvgIpc) is 2.75. The van der Waals surface area contributed by atoms with Crippen molar-refractivity contribution >= 4 is 5.91 Å². The number of fused-ring (bicyclic) bond motifs is 1. The number of amides is 1. The van der Waals surface area contributed by atoms with Gasteiger partial charge in [-0.1, -0.05) is 0 Å². The Bertz CT molecular complexity index is 474. The number of nitrogens with one attached hydrogen (secondary N) is 2. The van der Waals surface area contributed by atoms with Crippen LogP contribution in [0, 0.1) is 0 Å². The molecule has 104 valence electrons. The van der Waals surface area contributed by atoms with Gasteiger partial charge in [-0.25, -0.2) is 0 Å². The van der Waals surface area contributed by atoms with Gasteiger partial charge in [-0.3, -0.25) is 4.79 Å². The molecular weight excluding hydrogens is 248 g/mol. The highest BCUT2D eigenvalue weighted by Gasteiger charge is 2.16. The number of carbonyl (C=O) groups excluding carboxylic acids is 1. The lowest BCUT2D eigenvalue weighted by atomic mass is 10.1. The van der Waals surface area contributed by atoms with E-state index in [0.717, 1.165) is 0 Å². The minimum atomic E-state index is -0.0739. The van der Waals surface area contributed by atoms with E-state index in [4.69, 9.17) is 9.47 Å². The molecule has 1 aromatic carbocycles. The molecule has 6 nitrogen and oxygen atoms in total. The van der Waals surface area contributed by atoms with E-state index in [1.54, 1.807) is 6.07 Å². The number of rotatable bonds is 5. The highest BCUT2D eigenvalue weighted by atomic mass is 16.7. The number of carbonyl (C=O) groups is 1. The second-order valence-electron chi connectivity index (χ2n) is 4.66. The van der Waals surface area contributed by atoms with Crippen molar-refractivity contribution in [3.8, 4) is 17.2 Å². The molecule has 0 fully saturated rings. The number of phenols is 1. The van der Waals surface area contributed by atoms with Crippen molar-refractivity contribution in [2.45, 2.75) is 26.4 Å². The zero-order chi connectivity index (χ0) is 13.8. The van der Waals surface area contributed by atoms with Crippen molar-refractivity contribution in [1.82, 2.24) is 10.6 Å². The summed E-state index contributed by atoms with van der Waals surface area (Å²) < 4.78 is 10.4. The van der Waals surface area contributed by atoms with Crippen LogP contribution >= 0.6 is 0 Å². The van der Waals surface area contributed by atoms with Crippen LogP contribution in [0.1, 0.15) is 19.4 Å². The molecule has 1 heterocycles. The van der Waals surface area contributed by atoms with Crippen molar-refractivity contribution in [2.75, 3.05) is 13.3 Å². The molecule has 3 N–H and O–H groups in total. The first-order valence-electron chi connectivity index (χ1n) is 6.18. The number of phenolic OH excluding ortho intramolecular Hbond substituents is 1. The van der Waals surface area contributed by atoms with Crippen LogP contribution in [0.5, 0.6) is 17.2 Å². The number of hydrogen-bond donors (Lipinski definition) is 3. The van der Waals surface area contributed by atoms with E-state index < -0.39 is 0 Å². The number of aromatic hydroxyl groups is 1. The second kappa shape index (κ2) is 5.79. The average molecular weight is 266 g/mol. The minimum Gasteiger partial charge on any atom is -0.507 e. The molecule has 0 unspecified atom stereocenters. The molecule has 19 heavy (non-hydrogen) atoms. The highest BCUT2D eigenvalue weighted by molar-refractivity contribution is 5.78. The summed E-state index contributed by atoms with van der Waals surface area (Å²) in [5, 5.41) is 15.6. The Balaban J connectivity index is 1.88. The summed E-state index contributed by atoms with van der Waals surface area (Å²) in [5.41, 5.74) is 0.668. The number of hydrogen-bond acceptors (Lipinski definition) is 5. The lowest BCUT2D eigenvalue weighted by Crippen LogP contribution is -2.37. The first kappa shape index (κ1) is 13.5. The quantitative estimate of drug-likeness (QED) is 0.732. The third-order valence-corrected chi connectivity index (χ3v) is 2.62. The van der Waals surface area contributed by atoms with Crippen LogP contribution in [0.15, 0.2) is 12.1 Å². The molecule has 1 aliphatic rings. The number of ether oxygens (including phenoxy) is 2. The maximum atomic E-state index is 11.4. The first-order valence-corrected chi connectivity index (χ1v) is 6.18. The largest absolute Gasteiger partial charge is 0.507 e. The van der Waals surface area contributed by atoms with Gasteiger partial charge in [0, 0.05) is 24.2 Å². The van der Waals surface area contributed by atoms with Crippen LogP contribution in [0.2, 0.25) is 0 Å². The van der Waals surface area contributed by atoms with Crippen molar-refractivity contribution in [1.29, 1.82) is 0 Å². The molecular formula is C13H18N2O4. The standard InChI is InChI=1S/C13H18N2O4/c1-8(2)15-13(17)6-14-5-9-3-11-12(4-10(9)16)19-7-18-11/h3-4,8,14,16H,5-7H2,1-2H3,(H,15,17). The van der Waals surface area contributed by atoms with Crippen LogP contribution in [-0.4, -0.2) is 30.4 Å². The molecule has 0 saturated carbocycles. The van der Waals surface area contributed by atoms with E-state index >= 15 is 0 Å².